The molecule has 1 unspecified atom stereocenters. The molecule has 96 valence electrons. The molecule has 0 radical (unpaired) electrons. The standard InChI is InChI=1S/C11H12N2O4S/c14-8-2-1-6(5-12-8)10(15)13-7-3-4-18-9(7)11(16)17/h3-4,6H,1-2,5H2,(H,12,14)(H,13,15)(H,16,17). The van der Waals surface area contributed by atoms with E-state index in [1.807, 2.05) is 0 Å². The molecular weight excluding hydrogens is 256 g/mol. The number of carboxylic acids is 1. The highest BCUT2D eigenvalue weighted by Gasteiger charge is 2.25. The smallest absolute Gasteiger partial charge is 0.348 e. The largest absolute Gasteiger partial charge is 0.477 e. The van der Waals surface area contributed by atoms with E-state index in [4.69, 9.17) is 5.11 Å². The Bertz CT molecular complexity index is 487. The number of hydrogen-bond acceptors (Lipinski definition) is 4. The summed E-state index contributed by atoms with van der Waals surface area (Å²) in [5.41, 5.74) is 0.314. The van der Waals surface area contributed by atoms with E-state index in [1.54, 1.807) is 11.4 Å². The van der Waals surface area contributed by atoms with Crippen LogP contribution < -0.4 is 10.6 Å². The van der Waals surface area contributed by atoms with Gasteiger partial charge in [-0.25, -0.2) is 4.79 Å². The van der Waals surface area contributed by atoms with Gasteiger partial charge in [-0.1, -0.05) is 0 Å². The Morgan fingerprint density at radius 2 is 2.28 bits per heavy atom. The van der Waals surface area contributed by atoms with Crippen LogP contribution in [0.2, 0.25) is 0 Å². The highest BCUT2D eigenvalue weighted by molar-refractivity contribution is 7.12. The number of thiophene rings is 1. The molecule has 0 aliphatic carbocycles. The monoisotopic (exact) mass is 268 g/mol. The van der Waals surface area contributed by atoms with Gasteiger partial charge in [0.05, 0.1) is 11.6 Å². The Morgan fingerprint density at radius 3 is 2.89 bits per heavy atom. The minimum absolute atomic E-state index is 0.0548. The van der Waals surface area contributed by atoms with Gasteiger partial charge < -0.3 is 15.7 Å². The number of nitrogens with one attached hydrogen (secondary N) is 2. The summed E-state index contributed by atoms with van der Waals surface area (Å²) < 4.78 is 0. The van der Waals surface area contributed by atoms with Crippen molar-refractivity contribution in [3.63, 3.8) is 0 Å². The molecule has 1 aliphatic rings. The fourth-order valence-corrected chi connectivity index (χ4v) is 2.45. The van der Waals surface area contributed by atoms with E-state index in [2.05, 4.69) is 10.6 Å². The predicted octanol–water partition coefficient (Wildman–Crippen LogP) is 0.911. The van der Waals surface area contributed by atoms with Crippen LogP contribution in [0, 0.1) is 5.92 Å². The van der Waals surface area contributed by atoms with Crippen LogP contribution >= 0.6 is 11.3 Å². The van der Waals surface area contributed by atoms with E-state index >= 15 is 0 Å². The fourth-order valence-electron chi connectivity index (χ4n) is 1.76. The van der Waals surface area contributed by atoms with Crippen LogP contribution in [0.1, 0.15) is 22.5 Å². The molecule has 1 aromatic rings. The van der Waals surface area contributed by atoms with Crippen molar-refractivity contribution in [2.75, 3.05) is 11.9 Å². The quantitative estimate of drug-likeness (QED) is 0.759. The van der Waals surface area contributed by atoms with Gasteiger partial charge in [-0.3, -0.25) is 9.59 Å². The summed E-state index contributed by atoms with van der Waals surface area (Å²) >= 11 is 1.06. The first kappa shape index (κ1) is 12.6. The number of carbonyl (C=O) groups excluding carboxylic acids is 2. The molecular formula is C11H12N2O4S. The molecule has 6 nitrogen and oxygen atoms in total. The summed E-state index contributed by atoms with van der Waals surface area (Å²) in [6.07, 6.45) is 0.817. The number of amides is 2. The lowest BCUT2D eigenvalue weighted by molar-refractivity contribution is -0.126. The average molecular weight is 268 g/mol. The zero-order valence-corrected chi connectivity index (χ0v) is 10.3. The van der Waals surface area contributed by atoms with E-state index in [1.165, 1.54) is 0 Å². The van der Waals surface area contributed by atoms with Crippen molar-refractivity contribution in [2.24, 2.45) is 5.92 Å². The topological polar surface area (TPSA) is 95.5 Å². The lowest BCUT2D eigenvalue weighted by Gasteiger charge is -2.21. The van der Waals surface area contributed by atoms with Crippen LogP contribution in [0.3, 0.4) is 0 Å². The molecule has 1 fully saturated rings. The summed E-state index contributed by atoms with van der Waals surface area (Å²) in [4.78, 5) is 33.9. The Hall–Kier alpha value is -1.89. The first-order valence-electron chi connectivity index (χ1n) is 5.46. The molecule has 0 bridgehead atoms. The molecule has 2 amide bonds. The summed E-state index contributed by atoms with van der Waals surface area (Å²) in [5.74, 6) is -1.67. The molecule has 7 heteroatoms. The van der Waals surface area contributed by atoms with Crippen LogP contribution in [-0.4, -0.2) is 29.4 Å². The molecule has 0 spiro atoms. The molecule has 1 aromatic heterocycles. The Morgan fingerprint density at radius 1 is 1.50 bits per heavy atom. The van der Waals surface area contributed by atoms with Crippen molar-refractivity contribution in [3.8, 4) is 0 Å². The SMILES string of the molecule is O=C1CCC(C(=O)Nc2ccsc2C(=O)O)CN1. The molecule has 0 aromatic carbocycles. The fraction of sp³-hybridized carbons (Fsp3) is 0.364. The van der Waals surface area contributed by atoms with Crippen LogP contribution in [0.25, 0.3) is 0 Å². The van der Waals surface area contributed by atoms with Crippen molar-refractivity contribution in [3.05, 3.63) is 16.3 Å². The summed E-state index contributed by atoms with van der Waals surface area (Å²) in [6, 6.07) is 1.56. The molecule has 1 aliphatic heterocycles. The minimum Gasteiger partial charge on any atom is -0.477 e. The van der Waals surface area contributed by atoms with Crippen LogP contribution in [0.5, 0.6) is 0 Å². The number of carbonyl (C=O) groups is 3. The molecule has 18 heavy (non-hydrogen) atoms. The van der Waals surface area contributed by atoms with Crippen molar-refractivity contribution in [2.45, 2.75) is 12.8 Å². The highest BCUT2D eigenvalue weighted by atomic mass is 32.1. The third-order valence-corrected chi connectivity index (χ3v) is 3.66. The van der Waals surface area contributed by atoms with E-state index in [0.29, 0.717) is 25.1 Å². The minimum atomic E-state index is -1.06. The van der Waals surface area contributed by atoms with E-state index in [0.717, 1.165) is 11.3 Å². The lowest BCUT2D eigenvalue weighted by atomic mass is 9.98. The van der Waals surface area contributed by atoms with Gasteiger partial charge in [0.15, 0.2) is 0 Å². The van der Waals surface area contributed by atoms with Gasteiger partial charge >= 0.3 is 5.97 Å². The van der Waals surface area contributed by atoms with E-state index in [-0.39, 0.29) is 22.6 Å². The number of hydrogen-bond donors (Lipinski definition) is 3. The maximum Gasteiger partial charge on any atom is 0.348 e. The third kappa shape index (κ3) is 2.67. The molecule has 1 saturated heterocycles. The van der Waals surface area contributed by atoms with Crippen molar-refractivity contribution in [1.29, 1.82) is 0 Å². The second kappa shape index (κ2) is 5.18. The summed E-state index contributed by atoms with van der Waals surface area (Å²) in [5, 5.41) is 15.7. The molecule has 3 N–H and O–H groups in total. The van der Waals surface area contributed by atoms with Gasteiger partial charge in [-0.15, -0.1) is 11.3 Å². The van der Waals surface area contributed by atoms with Gasteiger partial charge in [0, 0.05) is 13.0 Å². The number of carboxylic acid groups (broad SMARTS) is 1. The van der Waals surface area contributed by atoms with E-state index in [9.17, 15) is 14.4 Å². The first-order chi connectivity index (χ1) is 8.58. The molecule has 2 rings (SSSR count). The zero-order chi connectivity index (χ0) is 13.1. The van der Waals surface area contributed by atoms with Crippen LogP contribution in [-0.2, 0) is 9.59 Å². The van der Waals surface area contributed by atoms with Gasteiger partial charge in [-0.2, -0.15) is 0 Å². The molecule has 2 heterocycles. The number of anilines is 1. The number of piperidine rings is 1. The second-order valence-corrected chi connectivity index (χ2v) is 4.91. The van der Waals surface area contributed by atoms with Gasteiger partial charge in [0.2, 0.25) is 11.8 Å². The highest BCUT2D eigenvalue weighted by Crippen LogP contribution is 2.23. The second-order valence-electron chi connectivity index (χ2n) is 4.00. The summed E-state index contributed by atoms with van der Waals surface area (Å²) in [6.45, 7) is 0.303. The van der Waals surface area contributed by atoms with Gasteiger partial charge in [0.25, 0.3) is 0 Å². The summed E-state index contributed by atoms with van der Waals surface area (Å²) in [7, 11) is 0. The van der Waals surface area contributed by atoms with Crippen molar-refractivity contribution >= 4 is 34.8 Å². The van der Waals surface area contributed by atoms with E-state index < -0.39 is 5.97 Å². The van der Waals surface area contributed by atoms with Crippen molar-refractivity contribution < 1.29 is 19.5 Å². The third-order valence-electron chi connectivity index (χ3n) is 2.75. The molecule has 1 atom stereocenters. The maximum absolute atomic E-state index is 11.9. The Labute approximate surface area is 107 Å². The maximum atomic E-state index is 11.9. The lowest BCUT2D eigenvalue weighted by Crippen LogP contribution is -2.40. The van der Waals surface area contributed by atoms with Gasteiger partial charge in [0.1, 0.15) is 4.88 Å². The van der Waals surface area contributed by atoms with Gasteiger partial charge in [-0.05, 0) is 17.9 Å². The zero-order valence-electron chi connectivity index (χ0n) is 9.43. The Balaban J connectivity index is 2.00. The first-order valence-corrected chi connectivity index (χ1v) is 6.34. The molecule has 0 saturated carbocycles. The van der Waals surface area contributed by atoms with Crippen LogP contribution in [0.4, 0.5) is 5.69 Å². The number of aromatic carboxylic acids is 1. The number of rotatable bonds is 3. The Kier molecular flexibility index (Phi) is 3.61. The average Bonchev–Trinajstić information content (AvgIpc) is 2.78. The van der Waals surface area contributed by atoms with Crippen LogP contribution in [0.15, 0.2) is 11.4 Å². The normalized spacial score (nSPS) is 19.1. The van der Waals surface area contributed by atoms with Crippen molar-refractivity contribution in [1.82, 2.24) is 5.32 Å². The predicted molar refractivity (Wildman–Crippen MR) is 65.6 cm³/mol.